The highest BCUT2D eigenvalue weighted by molar-refractivity contribution is 6.30. The molecule has 1 nitrogen and oxygen atoms in total. The Morgan fingerprint density at radius 1 is 1.43 bits per heavy atom. The van der Waals surface area contributed by atoms with Gasteiger partial charge in [-0.3, -0.25) is 0 Å². The van der Waals surface area contributed by atoms with E-state index in [1.165, 1.54) is 0 Å². The van der Waals surface area contributed by atoms with Crippen molar-refractivity contribution in [3.8, 4) is 17.6 Å². The lowest BCUT2D eigenvalue weighted by molar-refractivity contribution is 0.413. The Labute approximate surface area is 94.0 Å². The smallest absolute Gasteiger partial charge is 0.135 e. The molecule has 0 spiro atoms. The maximum atomic E-state index is 5.81. The van der Waals surface area contributed by atoms with E-state index in [0.717, 1.165) is 5.56 Å². The van der Waals surface area contributed by atoms with Gasteiger partial charge in [-0.1, -0.05) is 23.4 Å². The Bertz CT molecular complexity index is 363. The van der Waals surface area contributed by atoms with Crippen LogP contribution in [0.2, 0.25) is 5.02 Å². The SMILES string of the molecule is COc1cc(Cl)ccc1C#CCCCl. The summed E-state index contributed by atoms with van der Waals surface area (Å²) in [6, 6.07) is 5.36. The van der Waals surface area contributed by atoms with Crippen LogP contribution in [0.3, 0.4) is 0 Å². The van der Waals surface area contributed by atoms with Crippen LogP contribution in [0.25, 0.3) is 0 Å². The van der Waals surface area contributed by atoms with Crippen LogP contribution in [0.4, 0.5) is 0 Å². The van der Waals surface area contributed by atoms with Crippen molar-refractivity contribution in [2.45, 2.75) is 6.42 Å². The van der Waals surface area contributed by atoms with Crippen molar-refractivity contribution in [3.05, 3.63) is 28.8 Å². The van der Waals surface area contributed by atoms with Crippen LogP contribution in [0.1, 0.15) is 12.0 Å². The summed E-state index contributed by atoms with van der Waals surface area (Å²) < 4.78 is 5.14. The number of ether oxygens (including phenoxy) is 1. The predicted molar refractivity (Wildman–Crippen MR) is 60.2 cm³/mol. The Kier molecular flexibility index (Phi) is 4.65. The van der Waals surface area contributed by atoms with E-state index in [9.17, 15) is 0 Å². The summed E-state index contributed by atoms with van der Waals surface area (Å²) in [7, 11) is 1.60. The molecule has 0 fully saturated rings. The summed E-state index contributed by atoms with van der Waals surface area (Å²) >= 11 is 11.3. The van der Waals surface area contributed by atoms with Gasteiger partial charge in [0, 0.05) is 23.4 Å². The van der Waals surface area contributed by atoms with Crippen molar-refractivity contribution >= 4 is 23.2 Å². The first kappa shape index (κ1) is 11.2. The quantitative estimate of drug-likeness (QED) is 0.558. The molecule has 0 bridgehead atoms. The molecule has 0 aliphatic heterocycles. The summed E-state index contributed by atoms with van der Waals surface area (Å²) in [6.07, 6.45) is 0.674. The number of hydrogen-bond donors (Lipinski definition) is 0. The molecule has 0 saturated heterocycles. The normalized spacial score (nSPS) is 9.07. The Morgan fingerprint density at radius 3 is 2.86 bits per heavy atom. The highest BCUT2D eigenvalue weighted by Gasteiger charge is 1.99. The minimum Gasteiger partial charge on any atom is -0.495 e. The largest absolute Gasteiger partial charge is 0.495 e. The second kappa shape index (κ2) is 5.80. The molecule has 0 aliphatic rings. The number of hydrogen-bond acceptors (Lipinski definition) is 1. The molecule has 0 atom stereocenters. The molecule has 0 radical (unpaired) electrons. The summed E-state index contributed by atoms with van der Waals surface area (Å²) in [5.41, 5.74) is 0.835. The zero-order valence-corrected chi connectivity index (χ0v) is 9.32. The molecule has 14 heavy (non-hydrogen) atoms. The van der Waals surface area contributed by atoms with E-state index in [1.54, 1.807) is 19.2 Å². The van der Waals surface area contributed by atoms with Crippen LogP contribution in [-0.4, -0.2) is 13.0 Å². The van der Waals surface area contributed by atoms with Gasteiger partial charge in [-0.25, -0.2) is 0 Å². The van der Waals surface area contributed by atoms with E-state index in [-0.39, 0.29) is 0 Å². The molecule has 1 aromatic rings. The van der Waals surface area contributed by atoms with Crippen LogP contribution in [0, 0.1) is 11.8 Å². The topological polar surface area (TPSA) is 9.23 Å². The van der Waals surface area contributed by atoms with Gasteiger partial charge in [0.05, 0.1) is 12.7 Å². The summed E-state index contributed by atoms with van der Waals surface area (Å²) in [4.78, 5) is 0. The van der Waals surface area contributed by atoms with Crippen LogP contribution in [-0.2, 0) is 0 Å². The van der Waals surface area contributed by atoms with Crippen molar-refractivity contribution in [2.24, 2.45) is 0 Å². The highest BCUT2D eigenvalue weighted by atomic mass is 35.5. The van der Waals surface area contributed by atoms with Crippen molar-refractivity contribution in [1.82, 2.24) is 0 Å². The lowest BCUT2D eigenvalue weighted by Gasteiger charge is -2.02. The van der Waals surface area contributed by atoms with E-state index >= 15 is 0 Å². The fourth-order valence-electron chi connectivity index (χ4n) is 0.973. The average Bonchev–Trinajstić information content (AvgIpc) is 2.20. The first-order valence-electron chi connectivity index (χ1n) is 4.16. The Hall–Kier alpha value is -0.840. The zero-order chi connectivity index (χ0) is 10.4. The van der Waals surface area contributed by atoms with E-state index in [2.05, 4.69) is 11.8 Å². The number of benzene rings is 1. The monoisotopic (exact) mass is 228 g/mol. The molecule has 0 unspecified atom stereocenters. The van der Waals surface area contributed by atoms with Gasteiger partial charge in [-0.05, 0) is 12.1 Å². The van der Waals surface area contributed by atoms with Crippen LogP contribution < -0.4 is 4.74 Å². The molecular formula is C11H10Cl2O. The number of halogens is 2. The van der Waals surface area contributed by atoms with Gasteiger partial charge in [0.1, 0.15) is 5.75 Å². The molecule has 0 saturated carbocycles. The third-order valence-electron chi connectivity index (χ3n) is 1.61. The molecule has 0 heterocycles. The second-order valence-corrected chi connectivity index (χ2v) is 3.40. The molecule has 0 aromatic heterocycles. The van der Waals surface area contributed by atoms with Crippen LogP contribution in [0.15, 0.2) is 18.2 Å². The Morgan fingerprint density at radius 2 is 2.21 bits per heavy atom. The standard InChI is InChI=1S/C11H10Cl2O/c1-14-11-8-10(13)6-5-9(11)4-2-3-7-12/h5-6,8H,3,7H2,1H3. The van der Waals surface area contributed by atoms with Gasteiger partial charge in [-0.15, -0.1) is 11.6 Å². The summed E-state index contributed by atoms with van der Waals surface area (Å²) in [6.45, 7) is 0. The van der Waals surface area contributed by atoms with Crippen molar-refractivity contribution in [3.63, 3.8) is 0 Å². The molecule has 0 aliphatic carbocycles. The van der Waals surface area contributed by atoms with Gasteiger partial charge >= 0.3 is 0 Å². The fourth-order valence-corrected chi connectivity index (χ4v) is 1.23. The van der Waals surface area contributed by atoms with E-state index in [4.69, 9.17) is 27.9 Å². The molecule has 1 aromatic carbocycles. The van der Waals surface area contributed by atoms with Crippen molar-refractivity contribution in [1.29, 1.82) is 0 Å². The maximum absolute atomic E-state index is 5.81. The van der Waals surface area contributed by atoms with Gasteiger partial charge in [0.15, 0.2) is 0 Å². The minimum atomic E-state index is 0.545. The molecule has 0 N–H and O–H groups in total. The first-order valence-corrected chi connectivity index (χ1v) is 5.07. The number of alkyl halides is 1. The molecule has 1 rings (SSSR count). The van der Waals surface area contributed by atoms with Gasteiger partial charge in [-0.2, -0.15) is 0 Å². The molecular weight excluding hydrogens is 219 g/mol. The van der Waals surface area contributed by atoms with Crippen LogP contribution >= 0.6 is 23.2 Å². The predicted octanol–water partition coefficient (Wildman–Crippen LogP) is 3.33. The second-order valence-electron chi connectivity index (χ2n) is 2.59. The third-order valence-corrected chi connectivity index (χ3v) is 2.03. The lowest BCUT2D eigenvalue weighted by atomic mass is 10.2. The van der Waals surface area contributed by atoms with Crippen LogP contribution in [0.5, 0.6) is 5.75 Å². The average molecular weight is 229 g/mol. The lowest BCUT2D eigenvalue weighted by Crippen LogP contribution is -1.87. The van der Waals surface area contributed by atoms with E-state index in [0.29, 0.717) is 23.1 Å². The Balaban J connectivity index is 2.92. The molecule has 74 valence electrons. The third kappa shape index (κ3) is 3.14. The zero-order valence-electron chi connectivity index (χ0n) is 7.81. The highest BCUT2D eigenvalue weighted by Crippen LogP contribution is 2.21. The van der Waals surface area contributed by atoms with E-state index in [1.807, 2.05) is 6.07 Å². The fraction of sp³-hybridized carbons (Fsp3) is 0.273. The van der Waals surface area contributed by atoms with Gasteiger partial charge < -0.3 is 4.74 Å². The van der Waals surface area contributed by atoms with Gasteiger partial charge in [0.2, 0.25) is 0 Å². The molecule has 0 amide bonds. The number of methoxy groups -OCH3 is 1. The maximum Gasteiger partial charge on any atom is 0.135 e. The van der Waals surface area contributed by atoms with Crippen molar-refractivity contribution in [2.75, 3.05) is 13.0 Å². The number of rotatable bonds is 2. The minimum absolute atomic E-state index is 0.545. The summed E-state index contributed by atoms with van der Waals surface area (Å²) in [5, 5.41) is 0.643. The molecule has 3 heteroatoms. The van der Waals surface area contributed by atoms with Gasteiger partial charge in [0.25, 0.3) is 0 Å². The summed E-state index contributed by atoms with van der Waals surface area (Å²) in [5.74, 6) is 7.15. The van der Waals surface area contributed by atoms with Crippen molar-refractivity contribution < 1.29 is 4.74 Å². The first-order chi connectivity index (χ1) is 6.77. The van der Waals surface area contributed by atoms with E-state index < -0.39 is 0 Å².